The first kappa shape index (κ1) is 17.4. The molecule has 0 aliphatic rings. The number of anilines is 1. The van der Waals surface area contributed by atoms with Gasteiger partial charge < -0.3 is 5.32 Å². The predicted octanol–water partition coefficient (Wildman–Crippen LogP) is 3.95. The summed E-state index contributed by atoms with van der Waals surface area (Å²) >= 11 is 0. The maximum Gasteiger partial charge on any atom is 0.271 e. The minimum atomic E-state index is -0.310. The van der Waals surface area contributed by atoms with Crippen molar-refractivity contribution in [1.29, 1.82) is 0 Å². The molecule has 0 aromatic heterocycles. The highest BCUT2D eigenvalue weighted by Gasteiger charge is 2.05. The van der Waals surface area contributed by atoms with Crippen LogP contribution in [0.15, 0.2) is 71.8 Å². The molecule has 0 fully saturated rings. The van der Waals surface area contributed by atoms with Gasteiger partial charge in [0.15, 0.2) is 0 Å². The van der Waals surface area contributed by atoms with E-state index in [2.05, 4.69) is 15.8 Å². The van der Waals surface area contributed by atoms with Crippen LogP contribution >= 0.6 is 0 Å². The second kappa shape index (κ2) is 8.07. The molecule has 0 heterocycles. The SMILES string of the molecule is CCC(=O)Nc1ccc(C(=O)N/N=C/c2cccc3ccccc23)cc1. The molecule has 5 heteroatoms. The Hall–Kier alpha value is -3.47. The lowest BCUT2D eigenvalue weighted by molar-refractivity contribution is -0.115. The van der Waals surface area contributed by atoms with Gasteiger partial charge in [-0.3, -0.25) is 9.59 Å². The van der Waals surface area contributed by atoms with E-state index in [4.69, 9.17) is 0 Å². The van der Waals surface area contributed by atoms with Crippen LogP contribution in [0.5, 0.6) is 0 Å². The number of rotatable bonds is 5. The van der Waals surface area contributed by atoms with Crippen LogP contribution in [-0.2, 0) is 4.79 Å². The van der Waals surface area contributed by atoms with Crippen LogP contribution < -0.4 is 10.7 Å². The molecule has 0 atom stereocenters. The standard InChI is InChI=1S/C21H19N3O2/c1-2-20(25)23-18-12-10-16(11-13-18)21(26)24-22-14-17-8-5-7-15-6-3-4-9-19(15)17/h3-14H,2H2,1H3,(H,23,25)(H,24,26)/b22-14+. The van der Waals surface area contributed by atoms with Crippen LogP contribution in [0.2, 0.25) is 0 Å². The van der Waals surface area contributed by atoms with Gasteiger partial charge in [0, 0.05) is 23.2 Å². The monoisotopic (exact) mass is 345 g/mol. The number of hydrogen-bond acceptors (Lipinski definition) is 3. The molecule has 2 amide bonds. The zero-order chi connectivity index (χ0) is 18.4. The van der Waals surface area contributed by atoms with Crippen molar-refractivity contribution >= 4 is 34.5 Å². The molecule has 0 saturated carbocycles. The van der Waals surface area contributed by atoms with Crippen LogP contribution in [0, 0.1) is 0 Å². The summed E-state index contributed by atoms with van der Waals surface area (Å²) in [7, 11) is 0. The number of carbonyl (C=O) groups is 2. The van der Waals surface area contributed by atoms with E-state index in [0.29, 0.717) is 17.7 Å². The third-order valence-corrected chi connectivity index (χ3v) is 3.95. The molecule has 26 heavy (non-hydrogen) atoms. The molecule has 0 saturated heterocycles. The lowest BCUT2D eigenvalue weighted by Crippen LogP contribution is -2.17. The second-order valence-electron chi connectivity index (χ2n) is 5.75. The van der Waals surface area contributed by atoms with Gasteiger partial charge in [-0.15, -0.1) is 0 Å². The van der Waals surface area contributed by atoms with Gasteiger partial charge in [0.1, 0.15) is 0 Å². The number of carbonyl (C=O) groups excluding carboxylic acids is 2. The van der Waals surface area contributed by atoms with Crippen LogP contribution in [0.25, 0.3) is 10.8 Å². The van der Waals surface area contributed by atoms with E-state index in [1.165, 1.54) is 0 Å². The fourth-order valence-corrected chi connectivity index (χ4v) is 2.54. The van der Waals surface area contributed by atoms with Gasteiger partial charge >= 0.3 is 0 Å². The molecule has 3 aromatic carbocycles. The minimum absolute atomic E-state index is 0.0677. The normalized spacial score (nSPS) is 10.8. The van der Waals surface area contributed by atoms with Crippen LogP contribution in [0.3, 0.4) is 0 Å². The van der Waals surface area contributed by atoms with Gasteiger partial charge in [-0.2, -0.15) is 5.10 Å². The molecule has 0 bridgehead atoms. The largest absolute Gasteiger partial charge is 0.326 e. The Labute approximate surface area is 151 Å². The molecule has 0 spiro atoms. The van der Waals surface area contributed by atoms with Gasteiger partial charge in [0.25, 0.3) is 5.91 Å². The fourth-order valence-electron chi connectivity index (χ4n) is 2.54. The summed E-state index contributed by atoms with van der Waals surface area (Å²) in [6.45, 7) is 1.78. The average molecular weight is 345 g/mol. The summed E-state index contributed by atoms with van der Waals surface area (Å²) < 4.78 is 0. The van der Waals surface area contributed by atoms with E-state index >= 15 is 0 Å². The first-order valence-corrected chi connectivity index (χ1v) is 8.38. The Kier molecular flexibility index (Phi) is 5.39. The predicted molar refractivity (Wildman–Crippen MR) is 104 cm³/mol. The minimum Gasteiger partial charge on any atom is -0.326 e. The fraction of sp³-hybridized carbons (Fsp3) is 0.0952. The number of benzene rings is 3. The van der Waals surface area contributed by atoms with E-state index in [9.17, 15) is 9.59 Å². The van der Waals surface area contributed by atoms with E-state index in [0.717, 1.165) is 16.3 Å². The average Bonchev–Trinajstić information content (AvgIpc) is 2.68. The number of hydrogen-bond donors (Lipinski definition) is 2. The van der Waals surface area contributed by atoms with E-state index < -0.39 is 0 Å². The number of fused-ring (bicyclic) bond motifs is 1. The molecule has 3 aromatic rings. The van der Waals surface area contributed by atoms with Crippen LogP contribution in [-0.4, -0.2) is 18.0 Å². The molecule has 130 valence electrons. The third-order valence-electron chi connectivity index (χ3n) is 3.95. The van der Waals surface area contributed by atoms with Crippen molar-refractivity contribution in [3.05, 3.63) is 77.9 Å². The van der Waals surface area contributed by atoms with Crippen molar-refractivity contribution in [2.75, 3.05) is 5.32 Å². The van der Waals surface area contributed by atoms with Crippen molar-refractivity contribution in [2.24, 2.45) is 5.10 Å². The van der Waals surface area contributed by atoms with Crippen molar-refractivity contribution in [1.82, 2.24) is 5.43 Å². The molecule has 0 aliphatic carbocycles. The molecule has 0 unspecified atom stereocenters. The molecule has 0 radical (unpaired) electrons. The molecule has 5 nitrogen and oxygen atoms in total. The Bertz CT molecular complexity index is 957. The Morgan fingerprint density at radius 2 is 1.69 bits per heavy atom. The molecule has 2 N–H and O–H groups in total. The highest BCUT2D eigenvalue weighted by Crippen LogP contribution is 2.16. The summed E-state index contributed by atoms with van der Waals surface area (Å²) in [5, 5.41) is 8.99. The summed E-state index contributed by atoms with van der Waals surface area (Å²) in [4.78, 5) is 23.5. The number of amides is 2. The topological polar surface area (TPSA) is 70.6 Å². The maximum atomic E-state index is 12.2. The molecular formula is C21H19N3O2. The van der Waals surface area contributed by atoms with Gasteiger partial charge in [-0.25, -0.2) is 5.43 Å². The first-order valence-electron chi connectivity index (χ1n) is 8.38. The summed E-state index contributed by atoms with van der Waals surface area (Å²) in [5.74, 6) is -0.378. The van der Waals surface area contributed by atoms with Gasteiger partial charge in [0.2, 0.25) is 5.91 Å². The number of nitrogens with zero attached hydrogens (tertiary/aromatic N) is 1. The van der Waals surface area contributed by atoms with Gasteiger partial charge in [-0.1, -0.05) is 49.4 Å². The lowest BCUT2D eigenvalue weighted by Gasteiger charge is -2.05. The van der Waals surface area contributed by atoms with Crippen molar-refractivity contribution in [3.63, 3.8) is 0 Å². The second-order valence-corrected chi connectivity index (χ2v) is 5.75. The summed E-state index contributed by atoms with van der Waals surface area (Å²) in [6.07, 6.45) is 2.04. The highest BCUT2D eigenvalue weighted by atomic mass is 16.2. The Balaban J connectivity index is 1.66. The van der Waals surface area contributed by atoms with E-state index in [1.807, 2.05) is 42.5 Å². The molecular weight excluding hydrogens is 326 g/mol. The van der Waals surface area contributed by atoms with Crippen LogP contribution in [0.1, 0.15) is 29.3 Å². The zero-order valence-electron chi connectivity index (χ0n) is 14.4. The number of hydrazone groups is 1. The van der Waals surface area contributed by atoms with Crippen LogP contribution in [0.4, 0.5) is 5.69 Å². The van der Waals surface area contributed by atoms with E-state index in [1.54, 1.807) is 37.4 Å². The van der Waals surface area contributed by atoms with Crippen molar-refractivity contribution in [3.8, 4) is 0 Å². The first-order chi connectivity index (χ1) is 12.7. The smallest absolute Gasteiger partial charge is 0.271 e. The van der Waals surface area contributed by atoms with Crippen molar-refractivity contribution in [2.45, 2.75) is 13.3 Å². The molecule has 3 rings (SSSR count). The van der Waals surface area contributed by atoms with Gasteiger partial charge in [-0.05, 0) is 35.0 Å². The Morgan fingerprint density at radius 3 is 2.46 bits per heavy atom. The third kappa shape index (κ3) is 4.13. The van der Waals surface area contributed by atoms with Crippen molar-refractivity contribution < 1.29 is 9.59 Å². The zero-order valence-corrected chi connectivity index (χ0v) is 14.4. The molecule has 0 aliphatic heterocycles. The summed E-state index contributed by atoms with van der Waals surface area (Å²) in [5.41, 5.74) is 4.59. The van der Waals surface area contributed by atoms with E-state index in [-0.39, 0.29) is 11.8 Å². The van der Waals surface area contributed by atoms with Gasteiger partial charge in [0.05, 0.1) is 6.21 Å². The number of nitrogens with one attached hydrogen (secondary N) is 2. The lowest BCUT2D eigenvalue weighted by atomic mass is 10.1. The quantitative estimate of drug-likeness (QED) is 0.543. The maximum absolute atomic E-state index is 12.2. The summed E-state index contributed by atoms with van der Waals surface area (Å²) in [6, 6.07) is 20.6. The Morgan fingerprint density at radius 1 is 0.962 bits per heavy atom. The highest BCUT2D eigenvalue weighted by molar-refractivity contribution is 6.01.